The van der Waals surface area contributed by atoms with Gasteiger partial charge in [-0.2, -0.15) is 13.2 Å². The summed E-state index contributed by atoms with van der Waals surface area (Å²) in [6, 6.07) is 6.85. The molecule has 0 aliphatic rings. The maximum Gasteiger partial charge on any atom is 0.418 e. The number of hydrogen-bond donors (Lipinski definition) is 1. The summed E-state index contributed by atoms with van der Waals surface area (Å²) < 4.78 is 69.6. The highest BCUT2D eigenvalue weighted by molar-refractivity contribution is 5.96. The van der Waals surface area contributed by atoms with E-state index in [0.717, 1.165) is 36.4 Å². The summed E-state index contributed by atoms with van der Waals surface area (Å²) in [4.78, 5) is 23.3. The molecular weight excluding hydrogens is 349 g/mol. The van der Waals surface area contributed by atoms with Gasteiger partial charge in [0.25, 0.3) is 5.91 Å². The van der Waals surface area contributed by atoms with Gasteiger partial charge in [0.1, 0.15) is 17.2 Å². The highest BCUT2D eigenvalue weighted by Gasteiger charge is 2.33. The zero-order valence-corrected chi connectivity index (χ0v) is 12.4. The number of alkyl halides is 3. The molecular formula is C16H10F5NO3. The predicted octanol–water partition coefficient (Wildman–Crippen LogP) is 3.78. The van der Waals surface area contributed by atoms with Crippen molar-refractivity contribution < 1.29 is 36.3 Å². The fraction of sp³-hybridized carbons (Fsp3) is 0.125. The third kappa shape index (κ3) is 4.52. The Bertz CT molecular complexity index is 784. The van der Waals surface area contributed by atoms with Gasteiger partial charge in [0.05, 0.1) is 11.3 Å². The number of carbonyl (C=O) groups is 2. The quantitative estimate of drug-likeness (QED) is 0.668. The number of halogens is 5. The monoisotopic (exact) mass is 359 g/mol. The number of esters is 1. The number of rotatable bonds is 4. The summed E-state index contributed by atoms with van der Waals surface area (Å²) in [7, 11) is 0. The van der Waals surface area contributed by atoms with Crippen molar-refractivity contribution in [3.63, 3.8) is 0 Å². The fourth-order valence-electron chi connectivity index (χ4n) is 1.92. The molecule has 0 heterocycles. The van der Waals surface area contributed by atoms with E-state index in [4.69, 9.17) is 0 Å². The second kappa shape index (κ2) is 7.29. The van der Waals surface area contributed by atoms with Crippen molar-refractivity contribution >= 4 is 17.6 Å². The van der Waals surface area contributed by atoms with E-state index in [1.807, 2.05) is 5.32 Å². The number of hydrogen-bond acceptors (Lipinski definition) is 3. The molecule has 25 heavy (non-hydrogen) atoms. The highest BCUT2D eigenvalue weighted by Crippen LogP contribution is 2.34. The van der Waals surface area contributed by atoms with Crippen LogP contribution in [0.3, 0.4) is 0 Å². The second-order valence-electron chi connectivity index (χ2n) is 4.76. The molecule has 0 unspecified atom stereocenters. The Morgan fingerprint density at radius 1 is 0.960 bits per heavy atom. The summed E-state index contributed by atoms with van der Waals surface area (Å²) in [5.41, 5.74) is -2.62. The maximum atomic E-state index is 13.4. The Morgan fingerprint density at radius 3 is 2.16 bits per heavy atom. The summed E-state index contributed by atoms with van der Waals surface area (Å²) in [5, 5.41) is 1.93. The number of amides is 1. The van der Waals surface area contributed by atoms with Crippen molar-refractivity contribution in [1.82, 2.24) is 0 Å². The molecule has 0 bridgehead atoms. The SMILES string of the molecule is O=C(COC(=O)c1c(F)cccc1F)Nc1ccccc1C(F)(F)F. The Balaban J connectivity index is 2.04. The van der Waals surface area contributed by atoms with E-state index >= 15 is 0 Å². The fourth-order valence-corrected chi connectivity index (χ4v) is 1.92. The van der Waals surface area contributed by atoms with Crippen molar-refractivity contribution in [3.8, 4) is 0 Å². The molecule has 4 nitrogen and oxygen atoms in total. The van der Waals surface area contributed by atoms with E-state index in [1.165, 1.54) is 6.07 Å². The normalized spacial score (nSPS) is 11.1. The molecule has 2 aromatic carbocycles. The van der Waals surface area contributed by atoms with Gasteiger partial charge in [-0.3, -0.25) is 4.79 Å². The number of anilines is 1. The first-order chi connectivity index (χ1) is 11.7. The molecule has 0 aromatic heterocycles. The maximum absolute atomic E-state index is 13.4. The molecule has 0 spiro atoms. The molecule has 0 saturated carbocycles. The van der Waals surface area contributed by atoms with Crippen LogP contribution in [0.1, 0.15) is 15.9 Å². The average molecular weight is 359 g/mol. The lowest BCUT2D eigenvalue weighted by molar-refractivity contribution is -0.137. The van der Waals surface area contributed by atoms with Gasteiger partial charge in [0.15, 0.2) is 6.61 Å². The van der Waals surface area contributed by atoms with Gasteiger partial charge in [-0.1, -0.05) is 18.2 Å². The summed E-state index contributed by atoms with van der Waals surface area (Å²) in [6.07, 6.45) is -4.70. The van der Waals surface area contributed by atoms with E-state index in [2.05, 4.69) is 4.74 Å². The van der Waals surface area contributed by atoms with Gasteiger partial charge in [0, 0.05) is 0 Å². The van der Waals surface area contributed by atoms with Crippen molar-refractivity contribution in [2.45, 2.75) is 6.18 Å². The first-order valence-electron chi connectivity index (χ1n) is 6.77. The van der Waals surface area contributed by atoms with E-state index in [0.29, 0.717) is 0 Å². The molecule has 132 valence electrons. The number of nitrogens with one attached hydrogen (secondary N) is 1. The molecule has 0 saturated heterocycles. The average Bonchev–Trinajstić information content (AvgIpc) is 2.52. The van der Waals surface area contributed by atoms with Crippen molar-refractivity contribution in [1.29, 1.82) is 0 Å². The lowest BCUT2D eigenvalue weighted by Crippen LogP contribution is -2.23. The number of para-hydroxylation sites is 1. The molecule has 1 N–H and O–H groups in total. The standard InChI is InChI=1S/C16H10F5NO3/c17-10-5-3-6-11(18)14(10)15(24)25-8-13(23)22-12-7-2-1-4-9(12)16(19,20)21/h1-7H,8H2,(H,22,23). The predicted molar refractivity (Wildman–Crippen MR) is 76.7 cm³/mol. The number of carbonyl (C=O) groups excluding carboxylic acids is 2. The van der Waals surface area contributed by atoms with Gasteiger partial charge in [0.2, 0.25) is 0 Å². The second-order valence-corrected chi connectivity index (χ2v) is 4.76. The van der Waals surface area contributed by atoms with Crippen LogP contribution >= 0.6 is 0 Å². The lowest BCUT2D eigenvalue weighted by atomic mass is 10.1. The molecule has 0 aliphatic carbocycles. The van der Waals surface area contributed by atoms with Gasteiger partial charge in [-0.05, 0) is 24.3 Å². The third-order valence-electron chi connectivity index (χ3n) is 3.01. The minimum atomic E-state index is -4.70. The molecule has 0 atom stereocenters. The topological polar surface area (TPSA) is 55.4 Å². The van der Waals surface area contributed by atoms with Crippen LogP contribution in [0.4, 0.5) is 27.6 Å². The van der Waals surface area contributed by atoms with Crippen LogP contribution in [0.25, 0.3) is 0 Å². The highest BCUT2D eigenvalue weighted by atomic mass is 19.4. The molecule has 0 fully saturated rings. The smallest absolute Gasteiger partial charge is 0.418 e. The number of ether oxygens (including phenoxy) is 1. The van der Waals surface area contributed by atoms with E-state index < -0.39 is 53.1 Å². The third-order valence-corrected chi connectivity index (χ3v) is 3.01. The minimum absolute atomic E-state index is 0.534. The molecule has 0 radical (unpaired) electrons. The van der Waals surface area contributed by atoms with E-state index in [-0.39, 0.29) is 0 Å². The molecule has 0 aliphatic heterocycles. The summed E-state index contributed by atoms with van der Waals surface area (Å²) in [6.45, 7) is -1.02. The summed E-state index contributed by atoms with van der Waals surface area (Å²) >= 11 is 0. The zero-order valence-electron chi connectivity index (χ0n) is 12.4. The van der Waals surface area contributed by atoms with Gasteiger partial charge >= 0.3 is 12.1 Å². The molecule has 2 rings (SSSR count). The van der Waals surface area contributed by atoms with Crippen LogP contribution < -0.4 is 5.32 Å². The largest absolute Gasteiger partial charge is 0.452 e. The van der Waals surface area contributed by atoms with Crippen LogP contribution in [-0.2, 0) is 15.7 Å². The Kier molecular flexibility index (Phi) is 5.35. The van der Waals surface area contributed by atoms with Gasteiger partial charge < -0.3 is 10.1 Å². The van der Waals surface area contributed by atoms with Crippen LogP contribution in [-0.4, -0.2) is 18.5 Å². The van der Waals surface area contributed by atoms with Crippen LogP contribution in [0, 0.1) is 11.6 Å². The Labute approximate surface area is 138 Å². The van der Waals surface area contributed by atoms with Gasteiger partial charge in [-0.15, -0.1) is 0 Å². The lowest BCUT2D eigenvalue weighted by Gasteiger charge is -2.13. The van der Waals surface area contributed by atoms with Crippen molar-refractivity contribution in [2.75, 3.05) is 11.9 Å². The first kappa shape index (κ1) is 18.4. The van der Waals surface area contributed by atoms with Crippen molar-refractivity contribution in [3.05, 3.63) is 65.2 Å². The van der Waals surface area contributed by atoms with Crippen LogP contribution in [0.5, 0.6) is 0 Å². The number of benzene rings is 2. The Morgan fingerprint density at radius 2 is 1.56 bits per heavy atom. The van der Waals surface area contributed by atoms with E-state index in [1.54, 1.807) is 0 Å². The zero-order chi connectivity index (χ0) is 18.6. The van der Waals surface area contributed by atoms with Gasteiger partial charge in [-0.25, -0.2) is 13.6 Å². The Hall–Kier alpha value is -2.97. The molecule has 2 aromatic rings. The molecule has 1 amide bonds. The van der Waals surface area contributed by atoms with Crippen LogP contribution in [0.15, 0.2) is 42.5 Å². The van der Waals surface area contributed by atoms with Crippen LogP contribution in [0.2, 0.25) is 0 Å². The summed E-state index contributed by atoms with van der Waals surface area (Å²) in [5.74, 6) is -4.92. The van der Waals surface area contributed by atoms with E-state index in [9.17, 15) is 31.5 Å². The minimum Gasteiger partial charge on any atom is -0.452 e. The molecule has 9 heteroatoms. The van der Waals surface area contributed by atoms with Crippen molar-refractivity contribution in [2.24, 2.45) is 0 Å². The first-order valence-corrected chi connectivity index (χ1v) is 6.77.